The molecule has 7 nitrogen and oxygen atoms in total. The molecule has 0 aliphatic heterocycles. The van der Waals surface area contributed by atoms with Gasteiger partial charge in [0.2, 0.25) is 5.91 Å². The summed E-state index contributed by atoms with van der Waals surface area (Å²) in [7, 11) is 0. The van der Waals surface area contributed by atoms with Gasteiger partial charge in [-0.05, 0) is 45.4 Å². The highest BCUT2D eigenvalue weighted by Gasteiger charge is 2.22. The molecule has 2 aromatic heterocycles. The van der Waals surface area contributed by atoms with Crippen molar-refractivity contribution >= 4 is 11.7 Å². The van der Waals surface area contributed by atoms with Gasteiger partial charge in [0, 0.05) is 18.2 Å². The van der Waals surface area contributed by atoms with E-state index in [0.717, 1.165) is 36.9 Å². The topological polar surface area (TPSA) is 83.4 Å². The summed E-state index contributed by atoms with van der Waals surface area (Å²) < 4.78 is 1.38. The molecule has 0 unspecified atom stereocenters. The number of aromatic amines is 1. The van der Waals surface area contributed by atoms with E-state index in [2.05, 4.69) is 28.9 Å². The Kier molecular flexibility index (Phi) is 4.92. The number of nitrogens with zero attached hydrogens (tertiary/aromatic N) is 4. The number of H-pyrrole nitrogens is 1. The van der Waals surface area contributed by atoms with Crippen molar-refractivity contribution in [3.63, 3.8) is 0 Å². The Balaban J connectivity index is 1.88. The summed E-state index contributed by atoms with van der Waals surface area (Å²) >= 11 is 0. The highest BCUT2D eigenvalue weighted by Crippen LogP contribution is 2.16. The third-order valence-corrected chi connectivity index (χ3v) is 4.63. The van der Waals surface area contributed by atoms with Crippen LogP contribution in [0.15, 0.2) is 4.79 Å². The van der Waals surface area contributed by atoms with E-state index in [1.165, 1.54) is 4.52 Å². The number of fused-ring (bicyclic) bond motifs is 2. The number of carbonyl (C=O) groups is 1. The minimum atomic E-state index is -0.0752. The molecule has 1 aliphatic rings. The lowest BCUT2D eigenvalue weighted by Crippen LogP contribution is -2.40. The number of aryl methyl sites for hydroxylation is 1. The molecule has 0 fully saturated rings. The van der Waals surface area contributed by atoms with E-state index in [-0.39, 0.29) is 23.9 Å². The Morgan fingerprint density at radius 1 is 1.20 bits per heavy atom. The molecule has 136 valence electrons. The van der Waals surface area contributed by atoms with Crippen LogP contribution in [-0.4, -0.2) is 43.0 Å². The highest BCUT2D eigenvalue weighted by molar-refractivity contribution is 5.78. The molecule has 0 atom stereocenters. The third kappa shape index (κ3) is 3.60. The standard InChI is InChI=1S/C18H27N5O2/c1-11(2)10-22(12(3)4)16(24)9-15-20-18-19-14-8-6-5-7-13(14)17(25)23(18)21-15/h11-12H,5-10H2,1-4H3,(H,19,20,21). The molecule has 0 saturated carbocycles. The second kappa shape index (κ2) is 6.98. The van der Waals surface area contributed by atoms with Gasteiger partial charge < -0.3 is 4.90 Å². The monoisotopic (exact) mass is 345 g/mol. The fourth-order valence-electron chi connectivity index (χ4n) is 3.41. The van der Waals surface area contributed by atoms with Crippen LogP contribution in [0.5, 0.6) is 0 Å². The number of rotatable bonds is 5. The lowest BCUT2D eigenvalue weighted by atomic mass is 9.97. The molecule has 25 heavy (non-hydrogen) atoms. The van der Waals surface area contributed by atoms with Gasteiger partial charge in [0.1, 0.15) is 5.82 Å². The summed E-state index contributed by atoms with van der Waals surface area (Å²) in [5.74, 6) is 1.28. The van der Waals surface area contributed by atoms with Crippen molar-refractivity contribution in [2.75, 3.05) is 6.54 Å². The first-order chi connectivity index (χ1) is 11.9. The highest BCUT2D eigenvalue weighted by atomic mass is 16.2. The van der Waals surface area contributed by atoms with Crippen LogP contribution in [0.4, 0.5) is 0 Å². The summed E-state index contributed by atoms with van der Waals surface area (Å²) in [4.78, 5) is 36.1. The average molecular weight is 345 g/mol. The maximum absolute atomic E-state index is 12.7. The lowest BCUT2D eigenvalue weighted by molar-refractivity contribution is -0.132. The van der Waals surface area contributed by atoms with E-state index in [1.807, 2.05) is 18.7 Å². The van der Waals surface area contributed by atoms with E-state index in [9.17, 15) is 9.59 Å². The summed E-state index contributed by atoms with van der Waals surface area (Å²) in [6.45, 7) is 8.93. The van der Waals surface area contributed by atoms with Gasteiger partial charge in [-0.3, -0.25) is 14.7 Å². The first kappa shape index (κ1) is 17.6. The number of hydrogen-bond acceptors (Lipinski definition) is 4. The van der Waals surface area contributed by atoms with Crippen LogP contribution >= 0.6 is 0 Å². The zero-order valence-corrected chi connectivity index (χ0v) is 15.5. The van der Waals surface area contributed by atoms with E-state index in [1.54, 1.807) is 0 Å². The van der Waals surface area contributed by atoms with Gasteiger partial charge in [0.15, 0.2) is 0 Å². The average Bonchev–Trinajstić information content (AvgIpc) is 2.95. The molecule has 0 saturated heterocycles. The predicted molar refractivity (Wildman–Crippen MR) is 95.6 cm³/mol. The smallest absolute Gasteiger partial charge is 0.277 e. The summed E-state index contributed by atoms with van der Waals surface area (Å²) in [5, 5.41) is 2.98. The van der Waals surface area contributed by atoms with Crippen LogP contribution in [0, 0.1) is 5.92 Å². The molecule has 2 aromatic rings. The van der Waals surface area contributed by atoms with Crippen LogP contribution in [0.2, 0.25) is 0 Å². The maximum atomic E-state index is 12.7. The zero-order chi connectivity index (χ0) is 18.1. The number of amides is 1. The molecular weight excluding hydrogens is 318 g/mol. The second-order valence-electron chi connectivity index (χ2n) is 7.57. The maximum Gasteiger partial charge on any atom is 0.277 e. The van der Waals surface area contributed by atoms with Crippen LogP contribution < -0.4 is 5.56 Å². The van der Waals surface area contributed by atoms with Crippen molar-refractivity contribution in [2.24, 2.45) is 5.92 Å². The molecule has 1 N–H and O–H groups in total. The van der Waals surface area contributed by atoms with Crippen molar-refractivity contribution < 1.29 is 4.79 Å². The SMILES string of the molecule is CC(C)CN(C(=O)Cc1nc2nc3c(c(=O)n2[nH]1)CCCC3)C(C)C. The summed E-state index contributed by atoms with van der Waals surface area (Å²) in [6.07, 6.45) is 3.83. The number of nitrogens with one attached hydrogen (secondary N) is 1. The van der Waals surface area contributed by atoms with Crippen LogP contribution in [-0.2, 0) is 24.1 Å². The first-order valence-electron chi connectivity index (χ1n) is 9.15. The lowest BCUT2D eigenvalue weighted by Gasteiger charge is -2.28. The molecule has 0 radical (unpaired) electrons. The van der Waals surface area contributed by atoms with E-state index < -0.39 is 0 Å². The van der Waals surface area contributed by atoms with E-state index >= 15 is 0 Å². The van der Waals surface area contributed by atoms with E-state index in [0.29, 0.717) is 24.1 Å². The quantitative estimate of drug-likeness (QED) is 0.894. The van der Waals surface area contributed by atoms with E-state index in [4.69, 9.17) is 0 Å². The molecule has 3 rings (SSSR count). The summed E-state index contributed by atoms with van der Waals surface area (Å²) in [5.41, 5.74) is 1.58. The zero-order valence-electron chi connectivity index (χ0n) is 15.5. The predicted octanol–water partition coefficient (Wildman–Crippen LogP) is 1.73. The molecule has 0 spiro atoms. The second-order valence-corrected chi connectivity index (χ2v) is 7.57. The van der Waals surface area contributed by atoms with Gasteiger partial charge in [-0.2, -0.15) is 9.50 Å². The van der Waals surface area contributed by atoms with Gasteiger partial charge in [0.05, 0.1) is 12.1 Å². The number of carbonyl (C=O) groups excluding carboxylic acids is 1. The molecule has 1 aliphatic carbocycles. The van der Waals surface area contributed by atoms with Gasteiger partial charge in [-0.25, -0.2) is 4.98 Å². The first-order valence-corrected chi connectivity index (χ1v) is 9.15. The Labute approximate surface area is 147 Å². The molecule has 2 heterocycles. The minimum absolute atomic E-state index is 0.0144. The number of aromatic nitrogens is 4. The Morgan fingerprint density at radius 2 is 1.92 bits per heavy atom. The molecule has 0 aromatic carbocycles. The fourth-order valence-corrected chi connectivity index (χ4v) is 3.41. The fraction of sp³-hybridized carbons (Fsp3) is 0.667. The van der Waals surface area contributed by atoms with Gasteiger partial charge in [-0.15, -0.1) is 0 Å². The van der Waals surface area contributed by atoms with Crippen molar-refractivity contribution in [1.82, 2.24) is 24.5 Å². The Hall–Kier alpha value is -2.18. The van der Waals surface area contributed by atoms with Gasteiger partial charge >= 0.3 is 0 Å². The Morgan fingerprint density at radius 3 is 2.60 bits per heavy atom. The normalized spacial score (nSPS) is 14.3. The van der Waals surface area contributed by atoms with Gasteiger partial charge in [-0.1, -0.05) is 13.8 Å². The Bertz CT molecular complexity index is 834. The summed E-state index contributed by atoms with van der Waals surface area (Å²) in [6, 6.07) is 0.132. The van der Waals surface area contributed by atoms with Gasteiger partial charge in [0.25, 0.3) is 11.3 Å². The van der Waals surface area contributed by atoms with Crippen LogP contribution in [0.25, 0.3) is 5.78 Å². The molecule has 1 amide bonds. The van der Waals surface area contributed by atoms with Crippen molar-refractivity contribution in [3.8, 4) is 0 Å². The molecule has 0 bridgehead atoms. The number of hydrogen-bond donors (Lipinski definition) is 1. The van der Waals surface area contributed by atoms with Crippen LogP contribution in [0.1, 0.15) is 57.6 Å². The van der Waals surface area contributed by atoms with Crippen LogP contribution in [0.3, 0.4) is 0 Å². The van der Waals surface area contributed by atoms with Crippen molar-refractivity contribution in [3.05, 3.63) is 27.4 Å². The van der Waals surface area contributed by atoms with Crippen molar-refractivity contribution in [2.45, 2.75) is 65.8 Å². The minimum Gasteiger partial charge on any atom is -0.340 e. The third-order valence-electron chi connectivity index (χ3n) is 4.63. The molecule has 7 heteroatoms. The largest absolute Gasteiger partial charge is 0.340 e. The molecular formula is C18H27N5O2. The van der Waals surface area contributed by atoms with Crippen molar-refractivity contribution in [1.29, 1.82) is 0 Å².